The lowest BCUT2D eigenvalue weighted by molar-refractivity contribution is -0.145. The van der Waals surface area contributed by atoms with Crippen molar-refractivity contribution >= 4 is 23.0 Å². The number of ether oxygens (including phenoxy) is 2. The number of nitrogens with one attached hydrogen (secondary N) is 1. The van der Waals surface area contributed by atoms with E-state index in [1.54, 1.807) is 12.7 Å². The van der Waals surface area contributed by atoms with Crippen molar-refractivity contribution in [1.82, 2.24) is 19.5 Å². The highest BCUT2D eigenvalue weighted by atomic mass is 16.6. The van der Waals surface area contributed by atoms with E-state index in [-0.39, 0.29) is 18.3 Å². The molecule has 8 nitrogen and oxygen atoms in total. The molecule has 1 N–H and O–H groups in total. The predicted octanol–water partition coefficient (Wildman–Crippen LogP) is 1.89. The van der Waals surface area contributed by atoms with Gasteiger partial charge in [0.05, 0.1) is 12.4 Å². The second-order valence-corrected chi connectivity index (χ2v) is 6.46. The maximum Gasteiger partial charge on any atom is 0.302 e. The molecule has 8 heteroatoms. The van der Waals surface area contributed by atoms with Gasteiger partial charge in [-0.15, -0.1) is 0 Å². The minimum Gasteiger partial charge on any atom is -0.463 e. The molecule has 4 rings (SSSR count). The highest BCUT2D eigenvalue weighted by Gasteiger charge is 2.29. The van der Waals surface area contributed by atoms with Crippen LogP contribution in [0.1, 0.15) is 38.8 Å². The molecule has 2 atom stereocenters. The van der Waals surface area contributed by atoms with E-state index < -0.39 is 0 Å². The van der Waals surface area contributed by atoms with Gasteiger partial charge in [0, 0.05) is 13.5 Å². The number of rotatable bonds is 6. The fourth-order valence-corrected chi connectivity index (χ4v) is 2.98. The van der Waals surface area contributed by atoms with Crippen LogP contribution >= 0.6 is 0 Å². The lowest BCUT2D eigenvalue weighted by Gasteiger charge is -2.15. The highest BCUT2D eigenvalue weighted by Crippen LogP contribution is 2.32. The fraction of sp³-hybridized carbons (Fsp3) is 0.625. The first-order chi connectivity index (χ1) is 11.7. The van der Waals surface area contributed by atoms with E-state index in [4.69, 9.17) is 9.47 Å². The van der Waals surface area contributed by atoms with E-state index in [0.29, 0.717) is 6.61 Å². The standard InChI is InChI=1S/C16H21N5O3/c1-10(22)23-7-12-4-5-13(24-12)21-9-20-14-15(17-6-11-2-3-11)18-8-19-16(14)21/h8-9,11-13H,2-7H2,1H3,(H,17,18,19)/t12-,13+/m0/s1. The minimum atomic E-state index is -0.283. The van der Waals surface area contributed by atoms with Gasteiger partial charge in [-0.3, -0.25) is 9.36 Å². The number of imidazole rings is 1. The Bertz CT molecular complexity index is 742. The SMILES string of the molecule is CC(=O)OC[C@@H]1CC[C@H](n2cnc3c(NCC4CC4)ncnc32)O1. The molecular weight excluding hydrogens is 310 g/mol. The van der Waals surface area contributed by atoms with Crippen molar-refractivity contribution in [3.63, 3.8) is 0 Å². The van der Waals surface area contributed by atoms with Crippen molar-refractivity contribution < 1.29 is 14.3 Å². The third-order valence-electron chi connectivity index (χ3n) is 4.48. The van der Waals surface area contributed by atoms with Crippen LogP contribution in [0.15, 0.2) is 12.7 Å². The van der Waals surface area contributed by atoms with Crippen molar-refractivity contribution in [2.75, 3.05) is 18.5 Å². The lowest BCUT2D eigenvalue weighted by atomic mass is 10.2. The molecule has 2 aromatic rings. The molecule has 2 aliphatic rings. The van der Waals surface area contributed by atoms with Crippen LogP contribution in [0.4, 0.5) is 5.82 Å². The third-order valence-corrected chi connectivity index (χ3v) is 4.48. The summed E-state index contributed by atoms with van der Waals surface area (Å²) < 4.78 is 12.9. The van der Waals surface area contributed by atoms with Crippen LogP contribution in [-0.4, -0.2) is 44.7 Å². The fourth-order valence-electron chi connectivity index (χ4n) is 2.98. The molecule has 1 saturated carbocycles. The average Bonchev–Trinajstić information content (AvgIpc) is 3.11. The first kappa shape index (κ1) is 15.3. The summed E-state index contributed by atoms with van der Waals surface area (Å²) in [7, 11) is 0. The Kier molecular flexibility index (Phi) is 4.05. The molecule has 0 amide bonds. The van der Waals surface area contributed by atoms with E-state index in [9.17, 15) is 4.79 Å². The Morgan fingerprint density at radius 1 is 1.33 bits per heavy atom. The maximum atomic E-state index is 10.9. The van der Waals surface area contributed by atoms with Crippen LogP contribution in [0.5, 0.6) is 0 Å². The molecule has 128 valence electrons. The quantitative estimate of drug-likeness (QED) is 0.808. The third kappa shape index (κ3) is 3.19. The number of carbonyl (C=O) groups is 1. The monoisotopic (exact) mass is 331 g/mol. The predicted molar refractivity (Wildman–Crippen MR) is 86.3 cm³/mol. The maximum absolute atomic E-state index is 10.9. The summed E-state index contributed by atoms with van der Waals surface area (Å²) in [6.07, 6.45) is 7.35. The van der Waals surface area contributed by atoms with Gasteiger partial charge in [-0.1, -0.05) is 0 Å². The second kappa shape index (κ2) is 6.35. The number of hydrogen-bond acceptors (Lipinski definition) is 7. The lowest BCUT2D eigenvalue weighted by Crippen LogP contribution is -2.18. The van der Waals surface area contributed by atoms with Gasteiger partial charge in [0.15, 0.2) is 17.0 Å². The largest absolute Gasteiger partial charge is 0.463 e. The molecule has 24 heavy (non-hydrogen) atoms. The first-order valence-corrected chi connectivity index (χ1v) is 8.41. The first-order valence-electron chi connectivity index (χ1n) is 8.41. The van der Waals surface area contributed by atoms with E-state index in [1.165, 1.54) is 19.8 Å². The molecule has 1 aliphatic carbocycles. The van der Waals surface area contributed by atoms with Crippen LogP contribution in [0.25, 0.3) is 11.2 Å². The topological polar surface area (TPSA) is 91.2 Å². The van der Waals surface area contributed by atoms with Gasteiger partial charge in [0.2, 0.25) is 0 Å². The summed E-state index contributed by atoms with van der Waals surface area (Å²) in [5.74, 6) is 1.26. The number of nitrogens with zero attached hydrogens (tertiary/aromatic N) is 4. The number of fused-ring (bicyclic) bond motifs is 1. The van der Waals surface area contributed by atoms with Gasteiger partial charge in [-0.2, -0.15) is 0 Å². The molecule has 1 aliphatic heterocycles. The van der Waals surface area contributed by atoms with E-state index in [2.05, 4.69) is 20.3 Å². The van der Waals surface area contributed by atoms with Crippen LogP contribution < -0.4 is 5.32 Å². The number of hydrogen-bond donors (Lipinski definition) is 1. The molecule has 2 fully saturated rings. The summed E-state index contributed by atoms with van der Waals surface area (Å²) in [6.45, 7) is 2.63. The van der Waals surface area contributed by atoms with E-state index in [0.717, 1.165) is 42.3 Å². The molecule has 0 unspecified atom stereocenters. The zero-order valence-electron chi connectivity index (χ0n) is 13.6. The molecule has 0 aromatic carbocycles. The summed E-state index contributed by atoms with van der Waals surface area (Å²) in [5.41, 5.74) is 1.53. The molecular formula is C16H21N5O3. The molecule has 0 bridgehead atoms. The van der Waals surface area contributed by atoms with Crippen molar-refractivity contribution in [3.8, 4) is 0 Å². The van der Waals surface area contributed by atoms with Gasteiger partial charge in [0.25, 0.3) is 0 Å². The van der Waals surface area contributed by atoms with Gasteiger partial charge in [0.1, 0.15) is 19.2 Å². The normalized spacial score (nSPS) is 23.5. The van der Waals surface area contributed by atoms with Crippen LogP contribution in [0.3, 0.4) is 0 Å². The van der Waals surface area contributed by atoms with Crippen LogP contribution in [0.2, 0.25) is 0 Å². The van der Waals surface area contributed by atoms with Crippen molar-refractivity contribution in [3.05, 3.63) is 12.7 Å². The van der Waals surface area contributed by atoms with E-state index >= 15 is 0 Å². The van der Waals surface area contributed by atoms with Gasteiger partial charge < -0.3 is 14.8 Å². The number of anilines is 1. The van der Waals surface area contributed by atoms with Crippen molar-refractivity contribution in [2.45, 2.75) is 44.9 Å². The van der Waals surface area contributed by atoms with E-state index in [1.807, 2.05) is 4.57 Å². The van der Waals surface area contributed by atoms with Gasteiger partial charge in [-0.05, 0) is 31.6 Å². The Hall–Kier alpha value is -2.22. The number of aromatic nitrogens is 4. The molecule has 3 heterocycles. The Morgan fingerprint density at radius 3 is 3.00 bits per heavy atom. The Labute approximate surface area is 139 Å². The van der Waals surface area contributed by atoms with Gasteiger partial charge in [-0.25, -0.2) is 15.0 Å². The molecule has 2 aromatic heterocycles. The summed E-state index contributed by atoms with van der Waals surface area (Å²) in [6, 6.07) is 0. The summed E-state index contributed by atoms with van der Waals surface area (Å²) in [5, 5.41) is 3.37. The zero-order chi connectivity index (χ0) is 16.5. The Morgan fingerprint density at radius 2 is 2.21 bits per heavy atom. The van der Waals surface area contributed by atoms with Crippen LogP contribution in [0, 0.1) is 5.92 Å². The van der Waals surface area contributed by atoms with Crippen molar-refractivity contribution in [2.24, 2.45) is 5.92 Å². The Balaban J connectivity index is 1.48. The summed E-state index contributed by atoms with van der Waals surface area (Å²) in [4.78, 5) is 24.1. The van der Waals surface area contributed by atoms with Crippen molar-refractivity contribution in [1.29, 1.82) is 0 Å². The number of esters is 1. The molecule has 0 radical (unpaired) electrons. The smallest absolute Gasteiger partial charge is 0.302 e. The zero-order valence-corrected chi connectivity index (χ0v) is 13.6. The minimum absolute atomic E-state index is 0.0781. The summed E-state index contributed by atoms with van der Waals surface area (Å²) >= 11 is 0. The number of carbonyl (C=O) groups excluding carboxylic acids is 1. The molecule has 1 saturated heterocycles. The second-order valence-electron chi connectivity index (χ2n) is 6.46. The molecule has 0 spiro atoms. The highest BCUT2D eigenvalue weighted by molar-refractivity contribution is 5.82. The van der Waals surface area contributed by atoms with Crippen LogP contribution in [-0.2, 0) is 14.3 Å². The van der Waals surface area contributed by atoms with Gasteiger partial charge >= 0.3 is 5.97 Å². The average molecular weight is 331 g/mol.